The fourth-order valence-corrected chi connectivity index (χ4v) is 2.68. The average molecular weight is 259 g/mol. The largest absolute Gasteiger partial charge is 0.306 e. The smallest absolute Gasteiger partial charge is 0.0303 e. The first-order valence-electron chi connectivity index (χ1n) is 6.51. The van der Waals surface area contributed by atoms with Crippen LogP contribution in [0, 0.1) is 0 Å². The van der Waals surface area contributed by atoms with E-state index in [1.807, 2.05) is 0 Å². The quantitative estimate of drug-likeness (QED) is 0.819. The molecule has 0 amide bonds. The highest BCUT2D eigenvalue weighted by Gasteiger charge is 2.05. The lowest BCUT2D eigenvalue weighted by atomic mass is 10.0. The minimum Gasteiger partial charge on any atom is -0.306 e. The molecule has 0 aliphatic carbocycles. The summed E-state index contributed by atoms with van der Waals surface area (Å²) < 4.78 is 0. The van der Waals surface area contributed by atoms with Gasteiger partial charge in [-0.05, 0) is 46.4 Å². The maximum absolute atomic E-state index is 3.56. The Morgan fingerprint density at radius 3 is 2.28 bits per heavy atom. The maximum Gasteiger partial charge on any atom is 0.0303 e. The summed E-state index contributed by atoms with van der Waals surface area (Å²) in [4.78, 5) is 0. The van der Waals surface area contributed by atoms with E-state index < -0.39 is 0 Å². The molecule has 1 unspecified atom stereocenters. The first-order chi connectivity index (χ1) is 8.66. The number of thiophene rings is 1. The molecule has 0 spiro atoms. The Kier molecular flexibility index (Phi) is 4.56. The van der Waals surface area contributed by atoms with Crippen molar-refractivity contribution >= 4 is 11.3 Å². The molecule has 0 saturated carbocycles. The van der Waals surface area contributed by atoms with Gasteiger partial charge in [0.1, 0.15) is 0 Å². The molecule has 2 aromatic rings. The van der Waals surface area contributed by atoms with Gasteiger partial charge in [-0.25, -0.2) is 0 Å². The Bertz CT molecular complexity index is 456. The van der Waals surface area contributed by atoms with Crippen LogP contribution in [0.3, 0.4) is 0 Å². The molecule has 96 valence electrons. The van der Waals surface area contributed by atoms with Crippen molar-refractivity contribution in [3.8, 4) is 0 Å². The number of rotatable bonds is 5. The highest BCUT2D eigenvalue weighted by Crippen LogP contribution is 2.17. The fraction of sp³-hybridized carbons (Fsp3) is 0.375. The van der Waals surface area contributed by atoms with Gasteiger partial charge < -0.3 is 5.32 Å². The molecule has 0 fully saturated rings. The van der Waals surface area contributed by atoms with Crippen LogP contribution in [0.1, 0.15) is 49.4 Å². The molecule has 0 radical (unpaired) electrons. The van der Waals surface area contributed by atoms with E-state index in [0.717, 1.165) is 6.54 Å². The summed E-state index contributed by atoms with van der Waals surface area (Å²) in [5.74, 6) is 0.608. The Labute approximate surface area is 114 Å². The summed E-state index contributed by atoms with van der Waals surface area (Å²) in [7, 11) is 0. The van der Waals surface area contributed by atoms with Gasteiger partial charge >= 0.3 is 0 Å². The molecule has 1 nitrogen and oxygen atoms in total. The van der Waals surface area contributed by atoms with E-state index in [2.05, 4.69) is 67.2 Å². The second-order valence-electron chi connectivity index (χ2n) is 5.06. The Morgan fingerprint density at radius 1 is 1.00 bits per heavy atom. The third kappa shape index (κ3) is 3.44. The molecule has 1 heterocycles. The van der Waals surface area contributed by atoms with Gasteiger partial charge in [0, 0.05) is 12.6 Å². The van der Waals surface area contributed by atoms with E-state index in [-0.39, 0.29) is 0 Å². The average Bonchev–Trinajstić information content (AvgIpc) is 2.90. The van der Waals surface area contributed by atoms with Gasteiger partial charge in [-0.2, -0.15) is 11.3 Å². The van der Waals surface area contributed by atoms with Crippen LogP contribution in [0.2, 0.25) is 0 Å². The Balaban J connectivity index is 1.90. The molecule has 2 heteroatoms. The second kappa shape index (κ2) is 6.17. The van der Waals surface area contributed by atoms with E-state index in [9.17, 15) is 0 Å². The van der Waals surface area contributed by atoms with Crippen LogP contribution in [-0.4, -0.2) is 0 Å². The lowest BCUT2D eigenvalue weighted by Gasteiger charge is -2.13. The molecule has 0 aliphatic heterocycles. The molecule has 0 aliphatic rings. The maximum atomic E-state index is 3.56. The SMILES string of the molecule is CC(C)c1ccc(CNC(C)c2ccsc2)cc1. The summed E-state index contributed by atoms with van der Waals surface area (Å²) in [6.45, 7) is 7.59. The highest BCUT2D eigenvalue weighted by atomic mass is 32.1. The molecule has 1 aromatic carbocycles. The van der Waals surface area contributed by atoms with E-state index in [1.165, 1.54) is 16.7 Å². The Morgan fingerprint density at radius 2 is 1.72 bits per heavy atom. The summed E-state index contributed by atoms with van der Waals surface area (Å²) in [5.41, 5.74) is 4.13. The molecule has 1 aromatic heterocycles. The lowest BCUT2D eigenvalue weighted by molar-refractivity contribution is 0.576. The number of hydrogen-bond acceptors (Lipinski definition) is 2. The highest BCUT2D eigenvalue weighted by molar-refractivity contribution is 7.07. The van der Waals surface area contributed by atoms with Gasteiger partial charge in [-0.15, -0.1) is 0 Å². The molecule has 0 bridgehead atoms. The predicted octanol–water partition coefficient (Wildman–Crippen LogP) is 4.72. The summed E-state index contributed by atoms with van der Waals surface area (Å²) in [6.07, 6.45) is 0. The van der Waals surface area contributed by atoms with Crippen LogP contribution in [0.25, 0.3) is 0 Å². The van der Waals surface area contributed by atoms with Crippen LogP contribution in [0.4, 0.5) is 0 Å². The van der Waals surface area contributed by atoms with Crippen LogP contribution < -0.4 is 5.32 Å². The summed E-state index contributed by atoms with van der Waals surface area (Å²) >= 11 is 1.75. The normalized spacial score (nSPS) is 12.9. The van der Waals surface area contributed by atoms with E-state index in [0.29, 0.717) is 12.0 Å². The van der Waals surface area contributed by atoms with Crippen LogP contribution in [0.15, 0.2) is 41.1 Å². The van der Waals surface area contributed by atoms with Crippen LogP contribution in [-0.2, 0) is 6.54 Å². The molecule has 1 N–H and O–H groups in total. The monoisotopic (exact) mass is 259 g/mol. The van der Waals surface area contributed by atoms with Gasteiger partial charge in [0.05, 0.1) is 0 Å². The van der Waals surface area contributed by atoms with Crippen molar-refractivity contribution < 1.29 is 0 Å². The van der Waals surface area contributed by atoms with Gasteiger partial charge in [0.25, 0.3) is 0 Å². The minimum atomic E-state index is 0.418. The van der Waals surface area contributed by atoms with Crippen molar-refractivity contribution in [2.75, 3.05) is 0 Å². The summed E-state index contributed by atoms with van der Waals surface area (Å²) in [6, 6.07) is 11.5. The number of nitrogens with one attached hydrogen (secondary N) is 1. The third-order valence-electron chi connectivity index (χ3n) is 3.30. The van der Waals surface area contributed by atoms with Gasteiger partial charge in [0.15, 0.2) is 0 Å². The first-order valence-corrected chi connectivity index (χ1v) is 7.45. The standard InChI is InChI=1S/C16H21NS/c1-12(2)15-6-4-14(5-7-15)10-17-13(3)16-8-9-18-11-16/h4-9,11-13,17H,10H2,1-3H3. The zero-order valence-corrected chi connectivity index (χ0v) is 12.1. The van der Waals surface area contributed by atoms with Crippen molar-refractivity contribution in [1.82, 2.24) is 5.32 Å². The van der Waals surface area contributed by atoms with Crippen molar-refractivity contribution in [1.29, 1.82) is 0 Å². The van der Waals surface area contributed by atoms with Crippen LogP contribution >= 0.6 is 11.3 Å². The number of benzene rings is 1. The number of hydrogen-bond donors (Lipinski definition) is 1. The van der Waals surface area contributed by atoms with Crippen molar-refractivity contribution in [2.45, 2.75) is 39.3 Å². The van der Waals surface area contributed by atoms with Gasteiger partial charge in [-0.3, -0.25) is 0 Å². The first kappa shape index (κ1) is 13.3. The zero-order valence-electron chi connectivity index (χ0n) is 11.3. The molecule has 18 heavy (non-hydrogen) atoms. The molecule has 1 atom stereocenters. The van der Waals surface area contributed by atoms with Gasteiger partial charge in [-0.1, -0.05) is 38.1 Å². The second-order valence-corrected chi connectivity index (χ2v) is 5.84. The summed E-state index contributed by atoms with van der Waals surface area (Å²) in [5, 5.41) is 7.89. The molecular formula is C16H21NS. The van der Waals surface area contributed by atoms with Crippen LogP contribution in [0.5, 0.6) is 0 Å². The third-order valence-corrected chi connectivity index (χ3v) is 4.00. The molecule has 2 rings (SSSR count). The Hall–Kier alpha value is -1.12. The lowest BCUT2D eigenvalue weighted by Crippen LogP contribution is -2.17. The molecular weight excluding hydrogens is 238 g/mol. The molecule has 0 saturated heterocycles. The predicted molar refractivity (Wildman–Crippen MR) is 80.1 cm³/mol. The van der Waals surface area contributed by atoms with Crippen molar-refractivity contribution in [2.24, 2.45) is 0 Å². The van der Waals surface area contributed by atoms with E-state index in [4.69, 9.17) is 0 Å². The van der Waals surface area contributed by atoms with E-state index in [1.54, 1.807) is 11.3 Å². The van der Waals surface area contributed by atoms with Crippen molar-refractivity contribution in [3.05, 3.63) is 57.8 Å². The topological polar surface area (TPSA) is 12.0 Å². The minimum absolute atomic E-state index is 0.418. The fourth-order valence-electron chi connectivity index (χ4n) is 1.93. The zero-order chi connectivity index (χ0) is 13.0. The van der Waals surface area contributed by atoms with E-state index >= 15 is 0 Å². The van der Waals surface area contributed by atoms with Crippen molar-refractivity contribution in [3.63, 3.8) is 0 Å². The van der Waals surface area contributed by atoms with Gasteiger partial charge in [0.2, 0.25) is 0 Å².